The SMILES string of the molecule is Cc1ccc(-n2nc(C)cc2NC(=O)Cc2ccc(F)cc2)cc1. The Morgan fingerprint density at radius 2 is 1.75 bits per heavy atom. The fourth-order valence-corrected chi connectivity index (χ4v) is 2.45. The molecule has 5 heteroatoms. The highest BCUT2D eigenvalue weighted by atomic mass is 19.1. The zero-order valence-corrected chi connectivity index (χ0v) is 13.6. The molecule has 4 nitrogen and oxygen atoms in total. The minimum Gasteiger partial charge on any atom is -0.310 e. The predicted octanol–water partition coefficient (Wildman–Crippen LogP) is 3.81. The molecule has 0 fully saturated rings. The van der Waals surface area contributed by atoms with E-state index in [0.29, 0.717) is 5.82 Å². The molecule has 0 aliphatic carbocycles. The van der Waals surface area contributed by atoms with Gasteiger partial charge in [-0.25, -0.2) is 9.07 Å². The summed E-state index contributed by atoms with van der Waals surface area (Å²) in [6.07, 6.45) is 0.179. The van der Waals surface area contributed by atoms with Crippen LogP contribution in [0.5, 0.6) is 0 Å². The molecule has 1 N–H and O–H groups in total. The Morgan fingerprint density at radius 1 is 1.08 bits per heavy atom. The summed E-state index contributed by atoms with van der Waals surface area (Å²) in [6.45, 7) is 3.89. The van der Waals surface area contributed by atoms with Crippen molar-refractivity contribution < 1.29 is 9.18 Å². The molecule has 122 valence electrons. The molecular weight excluding hydrogens is 305 g/mol. The van der Waals surface area contributed by atoms with Crippen molar-refractivity contribution in [3.8, 4) is 5.69 Å². The average molecular weight is 323 g/mol. The van der Waals surface area contributed by atoms with E-state index in [4.69, 9.17) is 0 Å². The Morgan fingerprint density at radius 3 is 2.42 bits per heavy atom. The van der Waals surface area contributed by atoms with Gasteiger partial charge in [0.25, 0.3) is 0 Å². The average Bonchev–Trinajstić information content (AvgIpc) is 2.90. The molecule has 0 aliphatic heterocycles. The first kappa shape index (κ1) is 15.9. The van der Waals surface area contributed by atoms with E-state index in [-0.39, 0.29) is 18.1 Å². The van der Waals surface area contributed by atoms with Crippen LogP contribution >= 0.6 is 0 Å². The third kappa shape index (κ3) is 3.68. The lowest BCUT2D eigenvalue weighted by Gasteiger charge is -2.09. The first-order valence-corrected chi connectivity index (χ1v) is 7.69. The van der Waals surface area contributed by atoms with E-state index >= 15 is 0 Å². The van der Waals surface area contributed by atoms with Crippen LogP contribution in [0.3, 0.4) is 0 Å². The molecule has 0 aliphatic rings. The number of aryl methyl sites for hydroxylation is 2. The van der Waals surface area contributed by atoms with Gasteiger partial charge >= 0.3 is 0 Å². The summed E-state index contributed by atoms with van der Waals surface area (Å²) >= 11 is 0. The van der Waals surface area contributed by atoms with Crippen molar-refractivity contribution in [2.75, 3.05) is 5.32 Å². The van der Waals surface area contributed by atoms with Crippen LogP contribution < -0.4 is 5.32 Å². The standard InChI is InChI=1S/C19H18FN3O/c1-13-3-9-17(10-4-13)23-18(11-14(2)22-23)21-19(24)12-15-5-7-16(20)8-6-15/h3-11H,12H2,1-2H3,(H,21,24). The van der Waals surface area contributed by atoms with Crippen LogP contribution in [-0.4, -0.2) is 15.7 Å². The molecule has 3 aromatic rings. The van der Waals surface area contributed by atoms with Gasteiger partial charge in [0, 0.05) is 6.07 Å². The second-order valence-electron chi connectivity index (χ2n) is 5.77. The smallest absolute Gasteiger partial charge is 0.229 e. The largest absolute Gasteiger partial charge is 0.310 e. The number of aromatic nitrogens is 2. The number of carbonyl (C=O) groups excluding carboxylic acids is 1. The van der Waals surface area contributed by atoms with Gasteiger partial charge in [0.05, 0.1) is 17.8 Å². The summed E-state index contributed by atoms with van der Waals surface area (Å²) in [5, 5.41) is 7.31. The maximum absolute atomic E-state index is 12.9. The van der Waals surface area contributed by atoms with Crippen LogP contribution in [0.2, 0.25) is 0 Å². The Hall–Kier alpha value is -2.95. The number of hydrogen-bond acceptors (Lipinski definition) is 2. The number of benzene rings is 2. The molecule has 0 unspecified atom stereocenters. The van der Waals surface area contributed by atoms with Gasteiger partial charge in [0.15, 0.2) is 0 Å². The van der Waals surface area contributed by atoms with Gasteiger partial charge in [-0.3, -0.25) is 4.79 Å². The number of anilines is 1. The number of halogens is 1. The molecule has 0 saturated carbocycles. The van der Waals surface area contributed by atoms with Crippen molar-refractivity contribution in [3.63, 3.8) is 0 Å². The van der Waals surface area contributed by atoms with Gasteiger partial charge in [-0.2, -0.15) is 5.10 Å². The summed E-state index contributed by atoms with van der Waals surface area (Å²) in [5.41, 5.74) is 3.61. The van der Waals surface area contributed by atoms with Gasteiger partial charge in [-0.05, 0) is 43.7 Å². The molecule has 0 bridgehead atoms. The van der Waals surface area contributed by atoms with E-state index in [1.54, 1.807) is 16.8 Å². The fraction of sp³-hybridized carbons (Fsp3) is 0.158. The van der Waals surface area contributed by atoms with E-state index in [9.17, 15) is 9.18 Å². The second kappa shape index (κ2) is 6.66. The Kier molecular flexibility index (Phi) is 4.42. The number of carbonyl (C=O) groups is 1. The van der Waals surface area contributed by atoms with Gasteiger partial charge in [0.2, 0.25) is 5.91 Å². The Bertz CT molecular complexity index is 851. The molecule has 1 amide bonds. The van der Waals surface area contributed by atoms with Crippen molar-refractivity contribution in [2.45, 2.75) is 20.3 Å². The molecule has 1 aromatic heterocycles. The zero-order chi connectivity index (χ0) is 17.1. The van der Waals surface area contributed by atoms with E-state index in [0.717, 1.165) is 22.5 Å². The molecule has 3 rings (SSSR count). The minimum atomic E-state index is -0.313. The lowest BCUT2D eigenvalue weighted by atomic mass is 10.1. The van der Waals surface area contributed by atoms with E-state index in [1.165, 1.54) is 12.1 Å². The van der Waals surface area contributed by atoms with Crippen LogP contribution in [0, 0.1) is 19.7 Å². The lowest BCUT2D eigenvalue weighted by molar-refractivity contribution is -0.115. The molecule has 1 heterocycles. The number of nitrogens with zero attached hydrogens (tertiary/aromatic N) is 2. The van der Waals surface area contributed by atoms with Gasteiger partial charge in [-0.1, -0.05) is 29.8 Å². The molecule has 0 atom stereocenters. The van der Waals surface area contributed by atoms with Crippen molar-refractivity contribution in [1.29, 1.82) is 0 Å². The highest BCUT2D eigenvalue weighted by Gasteiger charge is 2.11. The number of hydrogen-bond donors (Lipinski definition) is 1. The molecule has 0 spiro atoms. The van der Waals surface area contributed by atoms with Crippen molar-refractivity contribution in [3.05, 3.63) is 77.2 Å². The second-order valence-corrected chi connectivity index (χ2v) is 5.77. The molecule has 0 saturated heterocycles. The topological polar surface area (TPSA) is 46.9 Å². The van der Waals surface area contributed by atoms with E-state index < -0.39 is 0 Å². The van der Waals surface area contributed by atoms with Crippen LogP contribution in [0.15, 0.2) is 54.6 Å². The predicted molar refractivity (Wildman–Crippen MR) is 91.8 cm³/mol. The van der Waals surface area contributed by atoms with Crippen molar-refractivity contribution in [2.24, 2.45) is 0 Å². The molecule has 24 heavy (non-hydrogen) atoms. The third-order valence-corrected chi connectivity index (χ3v) is 3.66. The number of amides is 1. The summed E-state index contributed by atoms with van der Waals surface area (Å²) in [4.78, 5) is 12.3. The Labute approximate surface area is 139 Å². The summed E-state index contributed by atoms with van der Waals surface area (Å²) in [7, 11) is 0. The van der Waals surface area contributed by atoms with Crippen LogP contribution in [0.1, 0.15) is 16.8 Å². The van der Waals surface area contributed by atoms with Crippen LogP contribution in [0.25, 0.3) is 5.69 Å². The number of rotatable bonds is 4. The van der Waals surface area contributed by atoms with Gasteiger partial charge in [0.1, 0.15) is 11.6 Å². The van der Waals surface area contributed by atoms with Crippen molar-refractivity contribution in [1.82, 2.24) is 9.78 Å². The Balaban J connectivity index is 1.78. The van der Waals surface area contributed by atoms with Crippen molar-refractivity contribution >= 4 is 11.7 Å². The summed E-state index contributed by atoms with van der Waals surface area (Å²) in [5.74, 6) is 0.130. The normalized spacial score (nSPS) is 10.6. The first-order valence-electron chi connectivity index (χ1n) is 7.69. The molecule has 0 radical (unpaired) electrons. The first-order chi connectivity index (χ1) is 11.5. The van der Waals surface area contributed by atoms with Gasteiger partial charge < -0.3 is 5.32 Å². The maximum Gasteiger partial charge on any atom is 0.229 e. The van der Waals surface area contributed by atoms with Crippen LogP contribution in [0.4, 0.5) is 10.2 Å². The quantitative estimate of drug-likeness (QED) is 0.793. The minimum absolute atomic E-state index is 0.171. The van der Waals surface area contributed by atoms with Crippen LogP contribution in [-0.2, 0) is 11.2 Å². The van der Waals surface area contributed by atoms with Gasteiger partial charge in [-0.15, -0.1) is 0 Å². The summed E-state index contributed by atoms with van der Waals surface area (Å²) in [6, 6.07) is 15.6. The highest BCUT2D eigenvalue weighted by Crippen LogP contribution is 2.18. The van der Waals surface area contributed by atoms with E-state index in [2.05, 4.69) is 10.4 Å². The number of nitrogens with one attached hydrogen (secondary N) is 1. The summed E-state index contributed by atoms with van der Waals surface area (Å²) < 4.78 is 14.6. The lowest BCUT2D eigenvalue weighted by Crippen LogP contribution is -2.17. The fourth-order valence-electron chi connectivity index (χ4n) is 2.45. The molecular formula is C19H18FN3O. The monoisotopic (exact) mass is 323 g/mol. The van der Waals surface area contributed by atoms with E-state index in [1.807, 2.05) is 44.2 Å². The highest BCUT2D eigenvalue weighted by molar-refractivity contribution is 5.91. The zero-order valence-electron chi connectivity index (χ0n) is 13.6. The maximum atomic E-state index is 12.9. The third-order valence-electron chi connectivity index (χ3n) is 3.66. The molecule has 2 aromatic carbocycles.